The fourth-order valence-electron chi connectivity index (χ4n) is 2.53. The zero-order valence-corrected chi connectivity index (χ0v) is 20.6. The largest absolute Gasteiger partial charge is 0.344 e. The predicted octanol–water partition coefficient (Wildman–Crippen LogP) is 4.53. The Kier molecular flexibility index (Phi) is 9.38. The summed E-state index contributed by atoms with van der Waals surface area (Å²) >= 11 is 2.88. The fourth-order valence-corrected chi connectivity index (χ4v) is 5.58. The molecule has 0 aliphatic rings. The highest BCUT2D eigenvalue weighted by molar-refractivity contribution is 7.86. The first-order chi connectivity index (χ1) is 14.0. The second kappa shape index (κ2) is 10.7. The summed E-state index contributed by atoms with van der Waals surface area (Å²) in [6.07, 6.45) is 1.64. The summed E-state index contributed by atoms with van der Waals surface area (Å²) in [4.78, 5) is 8.43. The van der Waals surface area contributed by atoms with Gasteiger partial charge in [0, 0.05) is 0 Å². The number of hydrogen-bond donors (Lipinski definition) is 4. The molecule has 0 amide bonds. The van der Waals surface area contributed by atoms with Gasteiger partial charge in [0.15, 0.2) is 0 Å². The molecule has 0 fully saturated rings. The third-order valence-corrected chi connectivity index (χ3v) is 8.03. The van der Waals surface area contributed by atoms with Crippen LogP contribution >= 0.6 is 22.7 Å². The molecule has 176 valence electrons. The molecule has 0 aliphatic heterocycles. The van der Waals surface area contributed by atoms with Crippen molar-refractivity contribution in [1.29, 1.82) is 0 Å². The maximum atomic E-state index is 10.9. The average molecular weight is 521 g/mol. The van der Waals surface area contributed by atoms with E-state index in [9.17, 15) is 16.8 Å². The Labute approximate surface area is 194 Å². The van der Waals surface area contributed by atoms with E-state index in [1.54, 1.807) is 12.1 Å². The van der Waals surface area contributed by atoms with E-state index in [2.05, 4.69) is 9.97 Å². The Morgan fingerprint density at radius 1 is 0.719 bits per heavy atom. The van der Waals surface area contributed by atoms with Crippen LogP contribution in [0.3, 0.4) is 0 Å². The van der Waals surface area contributed by atoms with Crippen molar-refractivity contribution in [3.8, 4) is 0 Å². The van der Waals surface area contributed by atoms with Gasteiger partial charge in [0.1, 0.15) is 0 Å². The number of aromatic nitrogens is 2. The zero-order chi connectivity index (χ0) is 22.1. The van der Waals surface area contributed by atoms with E-state index < -0.39 is 20.2 Å². The predicted molar refractivity (Wildman–Crippen MR) is 128 cm³/mol. The standard InChI is InChI=1S/2C9H9NO3S2.2H3N/c2*1-2-9-10-7-4-3-6(15(11,12)13)5-8(7)14-9;;/h2*3-5H,2H2,1H3,(H,11,12,13);2*1H3. The molecule has 2 heterocycles. The van der Waals surface area contributed by atoms with Crippen LogP contribution < -0.4 is 12.3 Å². The highest BCUT2D eigenvalue weighted by Gasteiger charge is 2.12. The monoisotopic (exact) mass is 520 g/mol. The minimum Gasteiger partial charge on any atom is -0.344 e. The van der Waals surface area contributed by atoms with Gasteiger partial charge in [-0.25, -0.2) is 9.97 Å². The van der Waals surface area contributed by atoms with Crippen LogP contribution in [0.15, 0.2) is 46.2 Å². The van der Waals surface area contributed by atoms with Crippen LogP contribution in [-0.4, -0.2) is 35.9 Å². The van der Waals surface area contributed by atoms with Gasteiger partial charge in [0.05, 0.1) is 40.2 Å². The van der Waals surface area contributed by atoms with Crippen LogP contribution in [0.25, 0.3) is 20.4 Å². The molecule has 0 atom stereocenters. The lowest BCUT2D eigenvalue weighted by molar-refractivity contribution is 0.481. The van der Waals surface area contributed by atoms with Crippen molar-refractivity contribution < 1.29 is 25.9 Å². The molecule has 8 N–H and O–H groups in total. The summed E-state index contributed by atoms with van der Waals surface area (Å²) in [5, 5.41) is 1.91. The van der Waals surface area contributed by atoms with Crippen LogP contribution in [0.2, 0.25) is 0 Å². The summed E-state index contributed by atoms with van der Waals surface area (Å²) in [5.74, 6) is 0. The van der Waals surface area contributed by atoms with Gasteiger partial charge in [-0.3, -0.25) is 9.11 Å². The first kappa shape index (κ1) is 28.0. The van der Waals surface area contributed by atoms with Gasteiger partial charge in [-0.05, 0) is 49.2 Å². The first-order valence-corrected chi connectivity index (χ1v) is 13.3. The van der Waals surface area contributed by atoms with E-state index in [1.165, 1.54) is 46.9 Å². The van der Waals surface area contributed by atoms with Crippen LogP contribution in [0.4, 0.5) is 0 Å². The number of rotatable bonds is 4. The molecular weight excluding hydrogens is 496 g/mol. The quantitative estimate of drug-likeness (QED) is 0.276. The van der Waals surface area contributed by atoms with Crippen LogP contribution in [0, 0.1) is 0 Å². The number of aryl methyl sites for hydroxylation is 2. The van der Waals surface area contributed by atoms with Gasteiger partial charge in [0.2, 0.25) is 0 Å². The number of fused-ring (bicyclic) bond motifs is 2. The summed E-state index contributed by atoms with van der Waals surface area (Å²) in [5.41, 5.74) is 1.54. The summed E-state index contributed by atoms with van der Waals surface area (Å²) in [6, 6.07) is 8.82. The molecule has 0 radical (unpaired) electrons. The van der Waals surface area contributed by atoms with Crippen molar-refractivity contribution in [1.82, 2.24) is 22.3 Å². The third-order valence-electron chi connectivity index (χ3n) is 4.01. The van der Waals surface area contributed by atoms with Crippen molar-refractivity contribution in [2.24, 2.45) is 0 Å². The molecule has 0 spiro atoms. The SMILES string of the molecule is CCc1nc2ccc(S(=O)(=O)O)cc2s1.CCc1nc2ccc(S(=O)(=O)O)cc2s1.N.N. The van der Waals surface area contributed by atoms with Crippen molar-refractivity contribution in [3.63, 3.8) is 0 Å². The smallest absolute Gasteiger partial charge is 0.294 e. The summed E-state index contributed by atoms with van der Waals surface area (Å²) < 4.78 is 62.9. The molecule has 0 aliphatic carbocycles. The topological polar surface area (TPSA) is 205 Å². The van der Waals surface area contributed by atoms with Crippen molar-refractivity contribution in [3.05, 3.63) is 46.4 Å². The Balaban J connectivity index is 0.000000301. The Morgan fingerprint density at radius 3 is 1.34 bits per heavy atom. The highest BCUT2D eigenvalue weighted by Crippen LogP contribution is 2.26. The van der Waals surface area contributed by atoms with E-state index in [-0.39, 0.29) is 22.1 Å². The zero-order valence-electron chi connectivity index (χ0n) is 17.3. The van der Waals surface area contributed by atoms with E-state index in [0.717, 1.165) is 43.3 Å². The van der Waals surface area contributed by atoms with E-state index in [0.29, 0.717) is 0 Å². The lowest BCUT2D eigenvalue weighted by Gasteiger charge is -1.94. The fraction of sp³-hybridized carbons (Fsp3) is 0.222. The highest BCUT2D eigenvalue weighted by atomic mass is 32.2. The van der Waals surface area contributed by atoms with Gasteiger partial charge in [-0.15, -0.1) is 22.7 Å². The number of hydrogen-bond acceptors (Lipinski definition) is 10. The van der Waals surface area contributed by atoms with E-state index in [1.807, 2.05) is 13.8 Å². The van der Waals surface area contributed by atoms with Gasteiger partial charge >= 0.3 is 0 Å². The minimum absolute atomic E-state index is 0. The Morgan fingerprint density at radius 2 is 1.06 bits per heavy atom. The lowest BCUT2D eigenvalue weighted by atomic mass is 10.3. The normalized spacial score (nSPS) is 11.4. The molecule has 4 aromatic rings. The van der Waals surface area contributed by atoms with Crippen molar-refractivity contribution >= 4 is 63.3 Å². The van der Waals surface area contributed by atoms with Crippen LogP contribution in [-0.2, 0) is 33.1 Å². The lowest BCUT2D eigenvalue weighted by Crippen LogP contribution is -1.96. The van der Waals surface area contributed by atoms with Crippen LogP contribution in [0.1, 0.15) is 23.9 Å². The number of thiazole rings is 2. The maximum absolute atomic E-state index is 10.9. The van der Waals surface area contributed by atoms with Crippen LogP contribution in [0.5, 0.6) is 0 Å². The molecule has 2 aromatic heterocycles. The molecular formula is C18H24N4O6S4. The second-order valence-corrected chi connectivity index (χ2v) is 11.2. The molecule has 2 aromatic carbocycles. The molecule has 0 saturated heterocycles. The molecule has 10 nitrogen and oxygen atoms in total. The van der Waals surface area contributed by atoms with E-state index >= 15 is 0 Å². The second-order valence-electron chi connectivity index (χ2n) is 6.13. The minimum atomic E-state index is -4.11. The van der Waals surface area contributed by atoms with E-state index in [4.69, 9.17) is 9.11 Å². The number of nitrogens with zero attached hydrogens (tertiary/aromatic N) is 2. The van der Waals surface area contributed by atoms with Gasteiger partial charge in [-0.1, -0.05) is 13.8 Å². The molecule has 32 heavy (non-hydrogen) atoms. The Hall–Kier alpha value is -2.04. The molecule has 0 bridgehead atoms. The average Bonchev–Trinajstić information content (AvgIpc) is 3.28. The van der Waals surface area contributed by atoms with Gasteiger partial charge in [0.25, 0.3) is 20.2 Å². The third kappa shape index (κ3) is 6.49. The molecule has 14 heteroatoms. The molecule has 4 rings (SSSR count). The summed E-state index contributed by atoms with van der Waals surface area (Å²) in [7, 11) is -8.23. The first-order valence-electron chi connectivity index (χ1n) is 8.75. The molecule has 0 unspecified atom stereocenters. The Bertz CT molecular complexity index is 1320. The molecule has 0 saturated carbocycles. The maximum Gasteiger partial charge on any atom is 0.294 e. The summed E-state index contributed by atoms with van der Waals surface area (Å²) in [6.45, 7) is 3.98. The van der Waals surface area contributed by atoms with Gasteiger partial charge < -0.3 is 12.3 Å². The number of benzene rings is 2. The van der Waals surface area contributed by atoms with Crippen molar-refractivity contribution in [2.75, 3.05) is 0 Å². The van der Waals surface area contributed by atoms with Gasteiger partial charge in [-0.2, -0.15) is 16.8 Å². The van der Waals surface area contributed by atoms with Crippen molar-refractivity contribution in [2.45, 2.75) is 36.5 Å².